The van der Waals surface area contributed by atoms with Gasteiger partial charge in [-0.25, -0.2) is 9.37 Å². The quantitative estimate of drug-likeness (QED) is 0.811. The van der Waals surface area contributed by atoms with Gasteiger partial charge < -0.3 is 11.1 Å². The number of hydrogen-bond donors (Lipinski definition) is 2. The molecule has 0 aliphatic carbocycles. The first kappa shape index (κ1) is 11.9. The van der Waals surface area contributed by atoms with E-state index in [9.17, 15) is 13.6 Å². The van der Waals surface area contributed by atoms with Crippen molar-refractivity contribution in [3.63, 3.8) is 0 Å². The van der Waals surface area contributed by atoms with Gasteiger partial charge in [0.1, 0.15) is 11.6 Å². The highest BCUT2D eigenvalue weighted by Crippen LogP contribution is 2.18. The summed E-state index contributed by atoms with van der Waals surface area (Å²) in [5.74, 6) is -2.21. The van der Waals surface area contributed by atoms with E-state index in [-0.39, 0.29) is 17.1 Å². The summed E-state index contributed by atoms with van der Waals surface area (Å²) < 4.78 is 25.9. The highest BCUT2D eigenvalue weighted by atomic mass is 19.1. The van der Waals surface area contributed by atoms with Crippen molar-refractivity contribution in [1.29, 1.82) is 0 Å². The van der Waals surface area contributed by atoms with Gasteiger partial charge in [0, 0.05) is 6.07 Å². The number of hydrogen-bond acceptors (Lipinski definition) is 4. The number of primary amides is 1. The van der Waals surface area contributed by atoms with Gasteiger partial charge >= 0.3 is 0 Å². The lowest BCUT2D eigenvalue weighted by molar-refractivity contribution is 0.100. The lowest BCUT2D eigenvalue weighted by Crippen LogP contribution is -2.14. The van der Waals surface area contributed by atoms with Crippen LogP contribution in [-0.4, -0.2) is 15.9 Å². The van der Waals surface area contributed by atoms with Crippen molar-refractivity contribution in [2.24, 2.45) is 5.73 Å². The van der Waals surface area contributed by atoms with Crippen LogP contribution in [0, 0.1) is 11.8 Å². The number of carbonyl (C=O) groups is 1. The predicted octanol–water partition coefficient (Wildman–Crippen LogP) is 1.60. The van der Waals surface area contributed by atoms with Gasteiger partial charge in [0.2, 0.25) is 5.95 Å². The van der Waals surface area contributed by atoms with Gasteiger partial charge in [-0.05, 0) is 12.1 Å². The Morgan fingerprint density at radius 3 is 2.72 bits per heavy atom. The number of nitrogens with zero attached hydrogens (tertiary/aromatic N) is 2. The van der Waals surface area contributed by atoms with Crippen molar-refractivity contribution in [2.75, 3.05) is 5.32 Å². The number of pyridine rings is 2. The van der Waals surface area contributed by atoms with Gasteiger partial charge in [-0.15, -0.1) is 0 Å². The third-order valence-electron chi connectivity index (χ3n) is 2.09. The minimum Gasteiger partial charge on any atom is -0.365 e. The van der Waals surface area contributed by atoms with E-state index in [2.05, 4.69) is 15.3 Å². The molecule has 0 aliphatic heterocycles. The molecule has 18 heavy (non-hydrogen) atoms. The molecule has 2 aromatic heterocycles. The molecule has 0 unspecified atom stereocenters. The van der Waals surface area contributed by atoms with Crippen LogP contribution in [0.4, 0.5) is 20.3 Å². The standard InChI is InChI=1S/C11H8F2N4O/c12-6-3-7(5-15-4-6)16-11-8(10(14)18)1-2-9(13)17-11/h1-5H,(H2,14,18)(H,16,17). The summed E-state index contributed by atoms with van der Waals surface area (Å²) in [6, 6.07) is 3.33. The van der Waals surface area contributed by atoms with Crippen LogP contribution in [0.2, 0.25) is 0 Å². The minimum atomic E-state index is -0.785. The Kier molecular flexibility index (Phi) is 3.13. The zero-order valence-electron chi connectivity index (χ0n) is 9.02. The molecule has 0 bridgehead atoms. The third-order valence-corrected chi connectivity index (χ3v) is 2.09. The summed E-state index contributed by atoms with van der Waals surface area (Å²) >= 11 is 0. The van der Waals surface area contributed by atoms with Crippen LogP contribution < -0.4 is 11.1 Å². The number of halogens is 2. The number of rotatable bonds is 3. The number of anilines is 2. The second-order valence-corrected chi connectivity index (χ2v) is 3.41. The maximum absolute atomic E-state index is 13.0. The Labute approximate surface area is 101 Å². The van der Waals surface area contributed by atoms with Crippen LogP contribution >= 0.6 is 0 Å². The van der Waals surface area contributed by atoms with Crippen LogP contribution in [-0.2, 0) is 0 Å². The molecule has 0 atom stereocenters. The zero-order valence-corrected chi connectivity index (χ0v) is 9.02. The van der Waals surface area contributed by atoms with Crippen LogP contribution in [0.15, 0.2) is 30.6 Å². The molecule has 0 spiro atoms. The van der Waals surface area contributed by atoms with Crippen LogP contribution in [0.3, 0.4) is 0 Å². The van der Waals surface area contributed by atoms with Crippen molar-refractivity contribution < 1.29 is 13.6 Å². The van der Waals surface area contributed by atoms with Gasteiger partial charge in [0.25, 0.3) is 5.91 Å². The average Bonchev–Trinajstić information content (AvgIpc) is 2.28. The first-order chi connectivity index (χ1) is 8.56. The molecular weight excluding hydrogens is 242 g/mol. The molecular formula is C11H8F2N4O. The van der Waals surface area contributed by atoms with E-state index in [1.54, 1.807) is 0 Å². The van der Waals surface area contributed by atoms with Crippen molar-refractivity contribution >= 4 is 17.4 Å². The van der Waals surface area contributed by atoms with E-state index in [4.69, 9.17) is 5.73 Å². The number of nitrogens with two attached hydrogens (primary N) is 1. The topological polar surface area (TPSA) is 80.9 Å². The molecule has 92 valence electrons. The number of carbonyl (C=O) groups excluding carboxylic acids is 1. The largest absolute Gasteiger partial charge is 0.365 e. The highest BCUT2D eigenvalue weighted by Gasteiger charge is 2.11. The lowest BCUT2D eigenvalue weighted by Gasteiger charge is -2.08. The first-order valence-electron chi connectivity index (χ1n) is 4.90. The smallest absolute Gasteiger partial charge is 0.252 e. The van der Waals surface area contributed by atoms with Gasteiger partial charge in [-0.1, -0.05) is 0 Å². The molecule has 3 N–H and O–H groups in total. The van der Waals surface area contributed by atoms with E-state index in [0.717, 1.165) is 18.3 Å². The highest BCUT2D eigenvalue weighted by molar-refractivity contribution is 5.98. The fraction of sp³-hybridized carbons (Fsp3) is 0. The summed E-state index contributed by atoms with van der Waals surface area (Å²) in [6.07, 6.45) is 2.32. The maximum atomic E-state index is 13.0. The van der Waals surface area contributed by atoms with Gasteiger partial charge in [-0.2, -0.15) is 4.39 Å². The summed E-state index contributed by atoms with van der Waals surface area (Å²) in [5, 5.41) is 2.58. The summed E-state index contributed by atoms with van der Waals surface area (Å²) in [7, 11) is 0. The molecule has 0 radical (unpaired) electrons. The van der Waals surface area contributed by atoms with E-state index in [1.165, 1.54) is 12.3 Å². The van der Waals surface area contributed by atoms with Crippen molar-refractivity contribution in [1.82, 2.24) is 9.97 Å². The Bertz CT molecular complexity index is 603. The lowest BCUT2D eigenvalue weighted by atomic mass is 10.2. The second-order valence-electron chi connectivity index (χ2n) is 3.41. The summed E-state index contributed by atoms with van der Waals surface area (Å²) in [5.41, 5.74) is 5.35. The Hall–Kier alpha value is -2.57. The van der Waals surface area contributed by atoms with E-state index in [0.29, 0.717) is 0 Å². The van der Waals surface area contributed by atoms with Crippen LogP contribution in [0.1, 0.15) is 10.4 Å². The molecule has 5 nitrogen and oxygen atoms in total. The predicted molar refractivity (Wildman–Crippen MR) is 60.2 cm³/mol. The Morgan fingerprint density at radius 2 is 2.06 bits per heavy atom. The Morgan fingerprint density at radius 1 is 1.28 bits per heavy atom. The second kappa shape index (κ2) is 4.74. The van der Waals surface area contributed by atoms with Crippen molar-refractivity contribution in [3.05, 3.63) is 47.9 Å². The maximum Gasteiger partial charge on any atom is 0.252 e. The van der Waals surface area contributed by atoms with Gasteiger partial charge in [0.15, 0.2) is 0 Å². The first-order valence-corrected chi connectivity index (χ1v) is 4.90. The monoisotopic (exact) mass is 250 g/mol. The number of nitrogens with one attached hydrogen (secondary N) is 1. The SMILES string of the molecule is NC(=O)c1ccc(F)nc1Nc1cncc(F)c1. The normalized spacial score (nSPS) is 10.1. The molecule has 1 amide bonds. The van der Waals surface area contributed by atoms with Gasteiger partial charge in [-0.3, -0.25) is 9.78 Å². The third kappa shape index (κ3) is 2.57. The van der Waals surface area contributed by atoms with E-state index in [1.807, 2.05) is 0 Å². The molecule has 0 fully saturated rings. The zero-order chi connectivity index (χ0) is 13.1. The van der Waals surface area contributed by atoms with Gasteiger partial charge in [0.05, 0.1) is 23.6 Å². The molecule has 0 aliphatic rings. The molecule has 0 aromatic carbocycles. The van der Waals surface area contributed by atoms with E-state index >= 15 is 0 Å². The molecule has 2 rings (SSSR count). The molecule has 7 heteroatoms. The summed E-state index contributed by atoms with van der Waals surface area (Å²) in [6.45, 7) is 0. The minimum absolute atomic E-state index is 0.000612. The molecule has 0 saturated carbocycles. The summed E-state index contributed by atoms with van der Waals surface area (Å²) in [4.78, 5) is 18.2. The molecule has 2 aromatic rings. The van der Waals surface area contributed by atoms with Crippen LogP contribution in [0.25, 0.3) is 0 Å². The molecule has 0 saturated heterocycles. The average molecular weight is 250 g/mol. The van der Waals surface area contributed by atoms with E-state index < -0.39 is 17.7 Å². The van der Waals surface area contributed by atoms with Crippen molar-refractivity contribution in [2.45, 2.75) is 0 Å². The number of amides is 1. The Balaban J connectivity index is 2.39. The van der Waals surface area contributed by atoms with Crippen molar-refractivity contribution in [3.8, 4) is 0 Å². The fourth-order valence-electron chi connectivity index (χ4n) is 1.35. The fourth-order valence-corrected chi connectivity index (χ4v) is 1.35. The van der Waals surface area contributed by atoms with Crippen LogP contribution in [0.5, 0.6) is 0 Å². The molecule has 2 heterocycles. The number of aromatic nitrogens is 2.